The van der Waals surface area contributed by atoms with E-state index >= 15 is 0 Å². The Bertz CT molecular complexity index is 1010. The number of furan rings is 1. The molecule has 0 saturated carbocycles. The minimum atomic E-state index is -1.14. The van der Waals surface area contributed by atoms with E-state index in [1.54, 1.807) is 6.07 Å². The van der Waals surface area contributed by atoms with Gasteiger partial charge >= 0.3 is 11.9 Å². The zero-order valence-corrected chi connectivity index (χ0v) is 13.0. The van der Waals surface area contributed by atoms with Gasteiger partial charge in [0.15, 0.2) is 0 Å². The third-order valence-electron chi connectivity index (χ3n) is 3.45. The number of hydrogen-bond donors (Lipinski definition) is 1. The first-order valence-corrected chi connectivity index (χ1v) is 7.18. The highest BCUT2D eigenvalue weighted by Crippen LogP contribution is 2.21. The Morgan fingerprint density at radius 1 is 1.20 bits per heavy atom. The van der Waals surface area contributed by atoms with Crippen molar-refractivity contribution >= 4 is 35.0 Å². The molecule has 0 aliphatic rings. The molecule has 2 aromatic heterocycles. The summed E-state index contributed by atoms with van der Waals surface area (Å²) in [7, 11) is 1.24. The van der Waals surface area contributed by atoms with Crippen LogP contribution < -0.4 is 0 Å². The Hall–Kier alpha value is -3.48. The van der Waals surface area contributed by atoms with Gasteiger partial charge in [-0.3, -0.25) is 0 Å². The zero-order chi connectivity index (χ0) is 18.0. The lowest BCUT2D eigenvalue weighted by Crippen LogP contribution is -2.00. The predicted octanol–water partition coefficient (Wildman–Crippen LogP) is 3.62. The van der Waals surface area contributed by atoms with Crippen LogP contribution in [0.25, 0.3) is 23.1 Å². The summed E-state index contributed by atoms with van der Waals surface area (Å²) in [5, 5.41) is 9.68. The van der Waals surface area contributed by atoms with E-state index in [0.717, 1.165) is 0 Å². The van der Waals surface area contributed by atoms with Crippen molar-refractivity contribution in [1.29, 1.82) is 0 Å². The highest BCUT2D eigenvalue weighted by molar-refractivity contribution is 6.03. The standard InChI is InChI=1S/C18H12FNO5/c1-24-18(23)16-7-5-12(25-16)4-3-11-9-14(17(21)22)13-6-2-10(19)8-15(13)20-11/h2-9H,1H3,(H,21,22)/b4-3-. The quantitative estimate of drug-likeness (QED) is 0.729. The number of pyridine rings is 1. The summed E-state index contributed by atoms with van der Waals surface area (Å²) in [5.74, 6) is -1.85. The van der Waals surface area contributed by atoms with Crippen LogP contribution in [0.2, 0.25) is 0 Å². The van der Waals surface area contributed by atoms with Gasteiger partial charge < -0.3 is 14.3 Å². The first-order chi connectivity index (χ1) is 12.0. The van der Waals surface area contributed by atoms with Crippen LogP contribution in [0.4, 0.5) is 4.39 Å². The molecule has 6 nitrogen and oxygen atoms in total. The van der Waals surface area contributed by atoms with Gasteiger partial charge in [0.25, 0.3) is 0 Å². The lowest BCUT2D eigenvalue weighted by molar-refractivity contribution is 0.0564. The molecule has 126 valence electrons. The number of carboxylic acids is 1. The van der Waals surface area contributed by atoms with E-state index in [-0.39, 0.29) is 16.8 Å². The largest absolute Gasteiger partial charge is 0.478 e. The van der Waals surface area contributed by atoms with Crippen molar-refractivity contribution in [3.8, 4) is 0 Å². The summed E-state index contributed by atoms with van der Waals surface area (Å²) in [6.45, 7) is 0. The van der Waals surface area contributed by atoms with Crippen molar-refractivity contribution in [2.45, 2.75) is 0 Å². The Balaban J connectivity index is 1.99. The molecule has 0 radical (unpaired) electrons. The number of rotatable bonds is 4. The summed E-state index contributed by atoms with van der Waals surface area (Å²) in [5.41, 5.74) is 0.556. The maximum absolute atomic E-state index is 13.4. The van der Waals surface area contributed by atoms with Crippen LogP contribution in [0.15, 0.2) is 40.8 Å². The molecule has 0 aliphatic heterocycles. The maximum Gasteiger partial charge on any atom is 0.373 e. The average Bonchev–Trinajstić information content (AvgIpc) is 3.07. The number of carboxylic acid groups (broad SMARTS) is 1. The topological polar surface area (TPSA) is 89.6 Å². The summed E-state index contributed by atoms with van der Waals surface area (Å²) in [4.78, 5) is 27.0. The predicted molar refractivity (Wildman–Crippen MR) is 87.6 cm³/mol. The molecule has 0 saturated heterocycles. The summed E-state index contributed by atoms with van der Waals surface area (Å²) < 4.78 is 23.2. The molecule has 0 unspecified atom stereocenters. The van der Waals surface area contributed by atoms with Gasteiger partial charge in [0.1, 0.15) is 11.6 Å². The van der Waals surface area contributed by atoms with Gasteiger partial charge in [0.2, 0.25) is 5.76 Å². The van der Waals surface area contributed by atoms with Crippen LogP contribution in [-0.2, 0) is 4.74 Å². The highest BCUT2D eigenvalue weighted by Gasteiger charge is 2.12. The van der Waals surface area contributed by atoms with Crippen LogP contribution in [0.5, 0.6) is 0 Å². The minimum absolute atomic E-state index is 0.0133. The van der Waals surface area contributed by atoms with E-state index in [1.165, 1.54) is 49.6 Å². The Kier molecular flexibility index (Phi) is 4.30. The number of esters is 1. The van der Waals surface area contributed by atoms with Crippen molar-refractivity contribution < 1.29 is 28.2 Å². The zero-order valence-electron chi connectivity index (χ0n) is 13.0. The van der Waals surface area contributed by atoms with E-state index in [9.17, 15) is 19.1 Å². The first kappa shape index (κ1) is 16.4. The maximum atomic E-state index is 13.4. The number of methoxy groups -OCH3 is 1. The molecule has 0 amide bonds. The lowest BCUT2D eigenvalue weighted by Gasteiger charge is -2.04. The van der Waals surface area contributed by atoms with Crippen molar-refractivity contribution in [3.05, 3.63) is 65.0 Å². The molecule has 0 atom stereocenters. The van der Waals surface area contributed by atoms with E-state index in [1.807, 2.05) is 0 Å². The minimum Gasteiger partial charge on any atom is -0.478 e. The number of hydrogen-bond acceptors (Lipinski definition) is 5. The second-order valence-corrected chi connectivity index (χ2v) is 5.09. The number of aromatic nitrogens is 1. The molecule has 0 fully saturated rings. The fraction of sp³-hybridized carbons (Fsp3) is 0.0556. The molecule has 3 aromatic rings. The molecular formula is C18H12FNO5. The number of carbonyl (C=O) groups is 2. The molecule has 0 bridgehead atoms. The SMILES string of the molecule is COC(=O)c1ccc(/C=C\c2cc(C(=O)O)c3ccc(F)cc3n2)o1. The highest BCUT2D eigenvalue weighted by atomic mass is 19.1. The molecule has 3 rings (SSSR count). The van der Waals surface area contributed by atoms with Crippen LogP contribution in [0.1, 0.15) is 32.4 Å². The second kappa shape index (κ2) is 6.56. The number of benzene rings is 1. The third kappa shape index (κ3) is 3.40. The number of fused-ring (bicyclic) bond motifs is 1. The van der Waals surface area contributed by atoms with Crippen LogP contribution >= 0.6 is 0 Å². The normalized spacial score (nSPS) is 11.1. The Morgan fingerprint density at radius 2 is 2.00 bits per heavy atom. The molecule has 0 aliphatic carbocycles. The fourth-order valence-electron chi connectivity index (χ4n) is 2.30. The van der Waals surface area contributed by atoms with Gasteiger partial charge in [-0.05, 0) is 42.5 Å². The molecular weight excluding hydrogens is 329 g/mol. The smallest absolute Gasteiger partial charge is 0.373 e. The average molecular weight is 341 g/mol. The molecule has 0 spiro atoms. The summed E-state index contributed by atoms with van der Waals surface area (Å²) >= 11 is 0. The van der Waals surface area contributed by atoms with Gasteiger partial charge in [0, 0.05) is 11.5 Å². The van der Waals surface area contributed by atoms with E-state index in [4.69, 9.17) is 4.42 Å². The van der Waals surface area contributed by atoms with Crippen molar-refractivity contribution in [2.24, 2.45) is 0 Å². The molecule has 7 heteroatoms. The number of halogens is 1. The monoisotopic (exact) mass is 341 g/mol. The van der Waals surface area contributed by atoms with Crippen molar-refractivity contribution in [1.82, 2.24) is 4.98 Å². The Morgan fingerprint density at radius 3 is 2.72 bits per heavy atom. The van der Waals surface area contributed by atoms with Crippen molar-refractivity contribution in [3.63, 3.8) is 0 Å². The van der Waals surface area contributed by atoms with E-state index in [0.29, 0.717) is 16.8 Å². The second-order valence-electron chi connectivity index (χ2n) is 5.09. The van der Waals surface area contributed by atoms with Gasteiger partial charge in [-0.25, -0.2) is 19.0 Å². The van der Waals surface area contributed by atoms with E-state index < -0.39 is 17.8 Å². The first-order valence-electron chi connectivity index (χ1n) is 7.18. The van der Waals surface area contributed by atoms with E-state index in [2.05, 4.69) is 9.72 Å². The van der Waals surface area contributed by atoms with Gasteiger partial charge in [-0.2, -0.15) is 0 Å². The van der Waals surface area contributed by atoms with Crippen LogP contribution in [0.3, 0.4) is 0 Å². The van der Waals surface area contributed by atoms with Crippen LogP contribution in [0, 0.1) is 5.82 Å². The van der Waals surface area contributed by atoms with Gasteiger partial charge in [0.05, 0.1) is 23.9 Å². The molecule has 2 heterocycles. The number of ether oxygens (including phenoxy) is 1. The number of nitrogens with zero attached hydrogens (tertiary/aromatic N) is 1. The molecule has 1 aromatic carbocycles. The molecule has 25 heavy (non-hydrogen) atoms. The van der Waals surface area contributed by atoms with Gasteiger partial charge in [-0.1, -0.05) is 0 Å². The number of carbonyl (C=O) groups excluding carboxylic acids is 1. The summed E-state index contributed by atoms with van der Waals surface area (Å²) in [6, 6.07) is 8.12. The molecule has 1 N–H and O–H groups in total. The Labute approximate surface area is 141 Å². The van der Waals surface area contributed by atoms with Gasteiger partial charge in [-0.15, -0.1) is 0 Å². The summed E-state index contributed by atoms with van der Waals surface area (Å²) in [6.07, 6.45) is 3.03. The van der Waals surface area contributed by atoms with Crippen LogP contribution in [-0.4, -0.2) is 29.1 Å². The number of aromatic carboxylic acids is 1. The fourth-order valence-corrected chi connectivity index (χ4v) is 2.30. The van der Waals surface area contributed by atoms with Crippen molar-refractivity contribution in [2.75, 3.05) is 7.11 Å². The third-order valence-corrected chi connectivity index (χ3v) is 3.45. The lowest BCUT2D eigenvalue weighted by atomic mass is 10.1.